The summed E-state index contributed by atoms with van der Waals surface area (Å²) in [5.41, 5.74) is 8.30. The first kappa shape index (κ1) is 22.4. The van der Waals surface area contributed by atoms with Crippen LogP contribution in [0.25, 0.3) is 11.3 Å². The Bertz CT molecular complexity index is 974. The minimum Gasteiger partial charge on any atom is -0.496 e. The van der Waals surface area contributed by atoms with E-state index in [4.69, 9.17) is 22.1 Å². The average Bonchev–Trinajstić information content (AvgIpc) is 2.66. The molecule has 0 atom stereocenters. The van der Waals surface area contributed by atoms with Crippen molar-refractivity contribution in [3.8, 4) is 17.0 Å². The molecule has 2 aromatic rings. The van der Waals surface area contributed by atoms with E-state index in [1.54, 1.807) is 12.1 Å². The first-order valence-corrected chi connectivity index (χ1v) is 10.0. The third-order valence-corrected chi connectivity index (χ3v) is 5.48. The lowest BCUT2D eigenvalue weighted by Crippen LogP contribution is -2.44. The highest BCUT2D eigenvalue weighted by molar-refractivity contribution is 9.10. The Morgan fingerprint density at radius 3 is 2.80 bits per heavy atom. The summed E-state index contributed by atoms with van der Waals surface area (Å²) >= 11 is 9.78. The Morgan fingerprint density at radius 1 is 1.40 bits per heavy atom. The van der Waals surface area contributed by atoms with Gasteiger partial charge in [-0.25, -0.2) is 14.8 Å². The number of aromatic nitrogens is 2. The van der Waals surface area contributed by atoms with Crippen LogP contribution in [0.1, 0.15) is 17.7 Å². The molecule has 1 aliphatic rings. The third-order valence-electron chi connectivity index (χ3n) is 4.55. The van der Waals surface area contributed by atoms with Gasteiger partial charge in [0.15, 0.2) is 0 Å². The molecule has 0 aliphatic carbocycles. The summed E-state index contributed by atoms with van der Waals surface area (Å²) in [6, 6.07) is 2.82. The van der Waals surface area contributed by atoms with Crippen molar-refractivity contribution in [2.75, 3.05) is 25.9 Å². The van der Waals surface area contributed by atoms with Crippen molar-refractivity contribution in [1.29, 1.82) is 0 Å². The highest BCUT2D eigenvalue weighted by Gasteiger charge is 2.29. The number of nitrogens with one attached hydrogen (secondary N) is 1. The Labute approximate surface area is 183 Å². The number of alkyl halides is 3. The minimum absolute atomic E-state index is 0.000955. The molecule has 2 amide bonds. The van der Waals surface area contributed by atoms with Gasteiger partial charge in [-0.1, -0.05) is 11.6 Å². The number of carbonyl (C=O) groups excluding carboxylic acids is 1. The molecule has 0 radical (unpaired) electrons. The molecule has 0 fully saturated rings. The molecule has 162 valence electrons. The van der Waals surface area contributed by atoms with Crippen LogP contribution >= 0.6 is 27.5 Å². The molecule has 2 heterocycles. The summed E-state index contributed by atoms with van der Waals surface area (Å²) < 4.78 is 42.9. The van der Waals surface area contributed by atoms with Crippen molar-refractivity contribution in [3.05, 3.63) is 32.9 Å². The van der Waals surface area contributed by atoms with Gasteiger partial charge in [0.05, 0.1) is 41.0 Å². The van der Waals surface area contributed by atoms with Crippen LogP contribution in [-0.4, -0.2) is 47.3 Å². The fourth-order valence-corrected chi connectivity index (χ4v) is 4.03. The summed E-state index contributed by atoms with van der Waals surface area (Å²) in [4.78, 5) is 22.2. The van der Waals surface area contributed by atoms with Gasteiger partial charge in [-0.15, -0.1) is 0 Å². The van der Waals surface area contributed by atoms with Crippen LogP contribution in [0.2, 0.25) is 5.02 Å². The van der Waals surface area contributed by atoms with Gasteiger partial charge >= 0.3 is 12.2 Å². The lowest BCUT2D eigenvalue weighted by molar-refractivity contribution is -0.133. The molecule has 30 heavy (non-hydrogen) atoms. The predicted molar refractivity (Wildman–Crippen MR) is 109 cm³/mol. The molecule has 0 unspecified atom stereocenters. The molecule has 3 rings (SSSR count). The van der Waals surface area contributed by atoms with Gasteiger partial charge < -0.3 is 20.7 Å². The normalized spacial score (nSPS) is 13.7. The Hall–Kier alpha value is -2.27. The van der Waals surface area contributed by atoms with Gasteiger partial charge in [-0.05, 0) is 34.5 Å². The highest BCUT2D eigenvalue weighted by Crippen LogP contribution is 2.39. The van der Waals surface area contributed by atoms with Gasteiger partial charge in [-0.2, -0.15) is 13.2 Å². The van der Waals surface area contributed by atoms with Crippen molar-refractivity contribution >= 4 is 39.5 Å². The fourth-order valence-electron chi connectivity index (χ4n) is 3.14. The second-order valence-electron chi connectivity index (χ2n) is 6.59. The van der Waals surface area contributed by atoms with Crippen LogP contribution in [0.15, 0.2) is 16.6 Å². The summed E-state index contributed by atoms with van der Waals surface area (Å²) in [7, 11) is 1.52. The van der Waals surface area contributed by atoms with Gasteiger partial charge in [0.1, 0.15) is 5.75 Å². The van der Waals surface area contributed by atoms with E-state index in [1.807, 2.05) is 0 Å². The number of anilines is 1. The Kier molecular flexibility index (Phi) is 6.61. The van der Waals surface area contributed by atoms with Crippen molar-refractivity contribution in [1.82, 2.24) is 20.2 Å². The van der Waals surface area contributed by atoms with Gasteiger partial charge in [-0.3, -0.25) is 0 Å². The molecule has 0 bridgehead atoms. The number of urea groups is 1. The summed E-state index contributed by atoms with van der Waals surface area (Å²) in [5, 5.41) is 2.71. The topological polar surface area (TPSA) is 93.4 Å². The number of hydrogen-bond donors (Lipinski definition) is 2. The first-order valence-electron chi connectivity index (χ1n) is 8.87. The monoisotopic (exact) mass is 507 g/mol. The zero-order valence-electron chi connectivity index (χ0n) is 15.8. The molecule has 3 N–H and O–H groups in total. The van der Waals surface area contributed by atoms with Crippen molar-refractivity contribution in [3.63, 3.8) is 0 Å². The van der Waals surface area contributed by atoms with Gasteiger partial charge in [0.2, 0.25) is 5.95 Å². The average molecular weight is 509 g/mol. The lowest BCUT2D eigenvalue weighted by atomic mass is 9.98. The van der Waals surface area contributed by atoms with Crippen molar-refractivity contribution in [2.24, 2.45) is 0 Å². The number of rotatable bonds is 4. The van der Waals surface area contributed by atoms with Gasteiger partial charge in [0.25, 0.3) is 0 Å². The van der Waals surface area contributed by atoms with E-state index >= 15 is 0 Å². The molecular formula is C18H18BrClF3N5O2. The maximum atomic E-state index is 12.3. The van der Waals surface area contributed by atoms with Crippen LogP contribution in [-0.2, 0) is 13.0 Å². The van der Waals surface area contributed by atoms with E-state index < -0.39 is 25.2 Å². The standard InChI is InChI=1S/C18H18BrClF3N5O2/c1-30-14-6-10(12(20)7-11(14)19)15-9-2-5-28(8-13(9)26-16(24)27-15)17(29)25-4-3-18(21,22)23/h6-7H,2-5,8H2,1H3,(H,25,29)(H2,24,26,27). The SMILES string of the molecule is COc1cc(-c2nc(N)nc3c2CCN(C(=O)NCCC(F)(F)F)C3)c(Cl)cc1Br. The summed E-state index contributed by atoms with van der Waals surface area (Å²) in [5.74, 6) is 0.558. The number of carbonyl (C=O) groups is 1. The number of methoxy groups -OCH3 is 1. The summed E-state index contributed by atoms with van der Waals surface area (Å²) in [6.07, 6.45) is -5.03. The molecule has 0 saturated heterocycles. The molecule has 1 aromatic heterocycles. The number of benzene rings is 1. The van der Waals surface area contributed by atoms with Crippen LogP contribution < -0.4 is 15.8 Å². The van der Waals surface area contributed by atoms with E-state index in [9.17, 15) is 18.0 Å². The zero-order valence-corrected chi connectivity index (χ0v) is 18.2. The predicted octanol–water partition coefficient (Wildman–Crippen LogP) is 4.17. The van der Waals surface area contributed by atoms with Gasteiger partial charge in [0, 0.05) is 24.2 Å². The molecule has 1 aromatic carbocycles. The van der Waals surface area contributed by atoms with Crippen molar-refractivity contribution < 1.29 is 22.7 Å². The smallest absolute Gasteiger partial charge is 0.390 e. The quantitative estimate of drug-likeness (QED) is 0.647. The lowest BCUT2D eigenvalue weighted by Gasteiger charge is -2.29. The van der Waals surface area contributed by atoms with Crippen LogP contribution in [0.4, 0.5) is 23.9 Å². The van der Waals surface area contributed by atoms with E-state index in [2.05, 4.69) is 31.2 Å². The van der Waals surface area contributed by atoms with Crippen LogP contribution in [0, 0.1) is 0 Å². The number of nitrogens with two attached hydrogens (primary N) is 1. The molecule has 7 nitrogen and oxygen atoms in total. The fraction of sp³-hybridized carbons (Fsp3) is 0.389. The van der Waals surface area contributed by atoms with Crippen LogP contribution in [0.5, 0.6) is 5.75 Å². The van der Waals surface area contributed by atoms with E-state index in [0.29, 0.717) is 38.6 Å². The molecular weight excluding hydrogens is 491 g/mol. The Balaban J connectivity index is 1.86. The largest absolute Gasteiger partial charge is 0.496 e. The highest BCUT2D eigenvalue weighted by atomic mass is 79.9. The maximum absolute atomic E-state index is 12.3. The number of ether oxygens (including phenoxy) is 1. The van der Waals surface area contributed by atoms with Crippen LogP contribution in [0.3, 0.4) is 0 Å². The number of nitrogen functional groups attached to an aromatic ring is 1. The third kappa shape index (κ3) is 5.07. The van der Waals surface area contributed by atoms with E-state index in [0.717, 1.165) is 5.56 Å². The Morgan fingerprint density at radius 2 is 2.13 bits per heavy atom. The number of fused-ring (bicyclic) bond motifs is 1. The second kappa shape index (κ2) is 8.84. The molecule has 0 saturated carbocycles. The first-order chi connectivity index (χ1) is 14.1. The number of halogens is 5. The molecule has 1 aliphatic heterocycles. The minimum atomic E-state index is -4.33. The van der Waals surface area contributed by atoms with E-state index in [1.165, 1.54) is 12.0 Å². The maximum Gasteiger partial charge on any atom is 0.390 e. The molecule has 0 spiro atoms. The van der Waals surface area contributed by atoms with Crippen molar-refractivity contribution in [2.45, 2.75) is 25.6 Å². The second-order valence-corrected chi connectivity index (χ2v) is 7.85. The summed E-state index contributed by atoms with van der Waals surface area (Å²) in [6.45, 7) is -0.105. The number of nitrogens with zero attached hydrogens (tertiary/aromatic N) is 3. The number of hydrogen-bond acceptors (Lipinski definition) is 5. The zero-order chi connectivity index (χ0) is 22.1. The molecule has 12 heteroatoms. The van der Waals surface area contributed by atoms with E-state index in [-0.39, 0.29) is 19.0 Å². The number of amides is 2.